The van der Waals surface area contributed by atoms with Crippen LogP contribution in [0.25, 0.3) is 10.9 Å². The fourth-order valence-electron chi connectivity index (χ4n) is 1.45. The Bertz CT molecular complexity index is 474. The van der Waals surface area contributed by atoms with Crippen LogP contribution in [0.4, 0.5) is 0 Å². The maximum atomic E-state index is 8.68. The summed E-state index contributed by atoms with van der Waals surface area (Å²) in [5, 5.41) is 9.79. The van der Waals surface area contributed by atoms with Crippen molar-refractivity contribution in [1.82, 2.24) is 4.98 Å². The molecule has 0 fully saturated rings. The summed E-state index contributed by atoms with van der Waals surface area (Å²) in [6.07, 6.45) is 1.02. The van der Waals surface area contributed by atoms with Crippen molar-refractivity contribution in [3.63, 3.8) is 0 Å². The summed E-state index contributed by atoms with van der Waals surface area (Å²) in [4.78, 5) is 3.06. The first kappa shape index (κ1) is 7.88. The van der Waals surface area contributed by atoms with Gasteiger partial charge in [0.15, 0.2) is 0 Å². The summed E-state index contributed by atoms with van der Waals surface area (Å²) >= 11 is 0. The SMILES string of the molecule is CCc1ccc2cc(C#N)[nH]c2c1. The standard InChI is InChI=1S/C11H10N2/c1-2-8-3-4-9-6-10(7-12)13-11(9)5-8/h3-6,13H,2H2,1H3. The second-order valence-electron chi connectivity index (χ2n) is 3.07. The summed E-state index contributed by atoms with van der Waals surface area (Å²) in [5.74, 6) is 0. The van der Waals surface area contributed by atoms with Crippen molar-refractivity contribution in [2.75, 3.05) is 0 Å². The maximum Gasteiger partial charge on any atom is 0.118 e. The van der Waals surface area contributed by atoms with Crippen LogP contribution in [0, 0.1) is 11.3 Å². The average molecular weight is 170 g/mol. The molecule has 0 saturated carbocycles. The molecule has 0 amide bonds. The zero-order chi connectivity index (χ0) is 9.26. The number of benzene rings is 1. The van der Waals surface area contributed by atoms with E-state index >= 15 is 0 Å². The molecule has 0 aliphatic heterocycles. The van der Waals surface area contributed by atoms with Crippen LogP contribution in [-0.4, -0.2) is 4.98 Å². The predicted octanol–water partition coefficient (Wildman–Crippen LogP) is 2.60. The van der Waals surface area contributed by atoms with E-state index in [9.17, 15) is 0 Å². The minimum Gasteiger partial charge on any atom is -0.346 e. The second kappa shape index (κ2) is 2.95. The van der Waals surface area contributed by atoms with Gasteiger partial charge in [0.1, 0.15) is 11.8 Å². The summed E-state index contributed by atoms with van der Waals surface area (Å²) in [7, 11) is 0. The Kier molecular flexibility index (Phi) is 1.79. The van der Waals surface area contributed by atoms with Crippen LogP contribution in [0.2, 0.25) is 0 Å². The van der Waals surface area contributed by atoms with E-state index in [4.69, 9.17) is 5.26 Å². The quantitative estimate of drug-likeness (QED) is 0.702. The number of hydrogen-bond donors (Lipinski definition) is 1. The normalized spacial score (nSPS) is 10.2. The lowest BCUT2D eigenvalue weighted by Gasteiger charge is -1.94. The molecule has 0 aliphatic rings. The number of rotatable bonds is 1. The number of nitriles is 1. The zero-order valence-electron chi connectivity index (χ0n) is 7.46. The van der Waals surface area contributed by atoms with Crippen LogP contribution < -0.4 is 0 Å². The van der Waals surface area contributed by atoms with Gasteiger partial charge in [-0.05, 0) is 24.1 Å². The maximum absolute atomic E-state index is 8.68. The molecule has 0 radical (unpaired) electrons. The second-order valence-corrected chi connectivity index (χ2v) is 3.07. The van der Waals surface area contributed by atoms with E-state index in [-0.39, 0.29) is 0 Å². The molecule has 64 valence electrons. The minimum absolute atomic E-state index is 0.628. The first-order chi connectivity index (χ1) is 6.33. The molecule has 0 unspecified atom stereocenters. The molecular formula is C11H10N2. The first-order valence-electron chi connectivity index (χ1n) is 4.35. The van der Waals surface area contributed by atoms with Crippen molar-refractivity contribution in [2.24, 2.45) is 0 Å². The van der Waals surface area contributed by atoms with Crippen molar-refractivity contribution < 1.29 is 0 Å². The number of H-pyrrole nitrogens is 1. The van der Waals surface area contributed by atoms with Gasteiger partial charge in [0.2, 0.25) is 0 Å². The number of nitrogens with one attached hydrogen (secondary N) is 1. The lowest BCUT2D eigenvalue weighted by atomic mass is 10.1. The Balaban J connectivity index is 2.65. The van der Waals surface area contributed by atoms with Gasteiger partial charge in [-0.2, -0.15) is 5.26 Å². The third-order valence-electron chi connectivity index (χ3n) is 2.22. The monoisotopic (exact) mass is 170 g/mol. The highest BCUT2D eigenvalue weighted by Gasteiger charge is 1.99. The topological polar surface area (TPSA) is 39.6 Å². The molecule has 1 heterocycles. The molecule has 0 aliphatic carbocycles. The van der Waals surface area contributed by atoms with E-state index in [1.165, 1.54) is 5.56 Å². The van der Waals surface area contributed by atoms with Crippen molar-refractivity contribution in [2.45, 2.75) is 13.3 Å². The van der Waals surface area contributed by atoms with E-state index in [0.717, 1.165) is 17.3 Å². The molecule has 1 N–H and O–H groups in total. The first-order valence-corrected chi connectivity index (χ1v) is 4.35. The molecule has 2 aromatic rings. The lowest BCUT2D eigenvalue weighted by molar-refractivity contribution is 1.14. The fourth-order valence-corrected chi connectivity index (χ4v) is 1.45. The molecular weight excluding hydrogens is 160 g/mol. The number of aromatic amines is 1. The van der Waals surface area contributed by atoms with Crippen LogP contribution in [0.15, 0.2) is 24.3 Å². The number of aromatic nitrogens is 1. The van der Waals surface area contributed by atoms with E-state index < -0.39 is 0 Å². The smallest absolute Gasteiger partial charge is 0.118 e. The number of fused-ring (bicyclic) bond motifs is 1. The number of nitrogens with zero attached hydrogens (tertiary/aromatic N) is 1. The van der Waals surface area contributed by atoms with E-state index in [2.05, 4.69) is 30.1 Å². The van der Waals surface area contributed by atoms with Gasteiger partial charge in [-0.25, -0.2) is 0 Å². The Hall–Kier alpha value is -1.75. The minimum atomic E-state index is 0.628. The Morgan fingerprint density at radius 3 is 2.92 bits per heavy atom. The van der Waals surface area contributed by atoms with Crippen LogP contribution in [0.5, 0.6) is 0 Å². The Morgan fingerprint density at radius 1 is 1.38 bits per heavy atom. The average Bonchev–Trinajstić information content (AvgIpc) is 2.58. The van der Waals surface area contributed by atoms with Gasteiger partial charge < -0.3 is 4.98 Å². The Morgan fingerprint density at radius 2 is 2.23 bits per heavy atom. The van der Waals surface area contributed by atoms with E-state index in [0.29, 0.717) is 5.69 Å². The van der Waals surface area contributed by atoms with Crippen LogP contribution in [0.1, 0.15) is 18.2 Å². The van der Waals surface area contributed by atoms with Gasteiger partial charge in [0, 0.05) is 10.9 Å². The van der Waals surface area contributed by atoms with Gasteiger partial charge in [-0.3, -0.25) is 0 Å². The van der Waals surface area contributed by atoms with Crippen molar-refractivity contribution in [1.29, 1.82) is 5.26 Å². The molecule has 0 spiro atoms. The summed E-state index contributed by atoms with van der Waals surface area (Å²) in [6, 6.07) is 10.2. The number of hydrogen-bond acceptors (Lipinski definition) is 1. The molecule has 0 atom stereocenters. The highest BCUT2D eigenvalue weighted by Crippen LogP contribution is 2.16. The van der Waals surface area contributed by atoms with Gasteiger partial charge >= 0.3 is 0 Å². The largest absolute Gasteiger partial charge is 0.346 e. The van der Waals surface area contributed by atoms with Gasteiger partial charge in [-0.15, -0.1) is 0 Å². The zero-order valence-corrected chi connectivity index (χ0v) is 7.46. The number of aryl methyl sites for hydroxylation is 1. The highest BCUT2D eigenvalue weighted by molar-refractivity contribution is 5.81. The highest BCUT2D eigenvalue weighted by atomic mass is 14.7. The molecule has 2 nitrogen and oxygen atoms in total. The third-order valence-corrected chi connectivity index (χ3v) is 2.22. The molecule has 2 heteroatoms. The summed E-state index contributed by atoms with van der Waals surface area (Å²) < 4.78 is 0. The van der Waals surface area contributed by atoms with E-state index in [1.54, 1.807) is 0 Å². The van der Waals surface area contributed by atoms with Gasteiger partial charge in [0.05, 0.1) is 0 Å². The summed E-state index contributed by atoms with van der Waals surface area (Å²) in [6.45, 7) is 2.12. The van der Waals surface area contributed by atoms with Crippen LogP contribution in [-0.2, 0) is 6.42 Å². The van der Waals surface area contributed by atoms with Gasteiger partial charge in [0.25, 0.3) is 0 Å². The van der Waals surface area contributed by atoms with Crippen LogP contribution in [0.3, 0.4) is 0 Å². The molecule has 13 heavy (non-hydrogen) atoms. The lowest BCUT2D eigenvalue weighted by Crippen LogP contribution is -1.78. The van der Waals surface area contributed by atoms with Crippen molar-refractivity contribution in [3.05, 3.63) is 35.5 Å². The summed E-state index contributed by atoms with van der Waals surface area (Å²) in [5.41, 5.74) is 2.97. The molecule has 0 saturated heterocycles. The van der Waals surface area contributed by atoms with E-state index in [1.807, 2.05) is 12.1 Å². The Labute approximate surface area is 76.8 Å². The molecule has 1 aromatic heterocycles. The molecule has 0 bridgehead atoms. The third kappa shape index (κ3) is 1.29. The molecule has 1 aromatic carbocycles. The van der Waals surface area contributed by atoms with Crippen LogP contribution >= 0.6 is 0 Å². The van der Waals surface area contributed by atoms with Crippen molar-refractivity contribution in [3.8, 4) is 6.07 Å². The van der Waals surface area contributed by atoms with Crippen molar-refractivity contribution >= 4 is 10.9 Å². The molecule has 2 rings (SSSR count). The van der Waals surface area contributed by atoms with Gasteiger partial charge in [-0.1, -0.05) is 19.1 Å². The fraction of sp³-hybridized carbons (Fsp3) is 0.182. The predicted molar refractivity (Wildman–Crippen MR) is 52.4 cm³/mol.